The summed E-state index contributed by atoms with van der Waals surface area (Å²) in [6, 6.07) is 0. The maximum absolute atomic E-state index is 4.23. The van der Waals surface area contributed by atoms with Crippen molar-refractivity contribution in [2.45, 2.75) is 26.3 Å². The van der Waals surface area contributed by atoms with Crippen molar-refractivity contribution in [3.05, 3.63) is 11.4 Å². The van der Waals surface area contributed by atoms with Crippen LogP contribution in [0.25, 0.3) is 0 Å². The minimum Gasteiger partial charge on any atom is -0.318 e. The van der Waals surface area contributed by atoms with Gasteiger partial charge in [-0.05, 0) is 20.5 Å². The first kappa shape index (κ1) is 13.1. The Morgan fingerprint density at radius 2 is 2.19 bits per heavy atom. The highest BCUT2D eigenvalue weighted by atomic mass is 15.4. The Morgan fingerprint density at radius 1 is 1.44 bits per heavy atom. The van der Waals surface area contributed by atoms with Crippen LogP contribution >= 0.6 is 0 Å². The lowest BCUT2D eigenvalue weighted by molar-refractivity contribution is 0.323. The van der Waals surface area contributed by atoms with E-state index in [4.69, 9.17) is 0 Å². The van der Waals surface area contributed by atoms with Gasteiger partial charge in [0.1, 0.15) is 0 Å². The van der Waals surface area contributed by atoms with Crippen LogP contribution in [0.2, 0.25) is 0 Å². The SMILES string of the molecule is CCCc1c(CN(C)CCNC)nnn1C. The summed E-state index contributed by atoms with van der Waals surface area (Å²) in [7, 11) is 6.05. The van der Waals surface area contributed by atoms with Crippen LogP contribution in [-0.2, 0) is 20.0 Å². The third-order valence-corrected chi connectivity index (χ3v) is 2.67. The van der Waals surface area contributed by atoms with Gasteiger partial charge < -0.3 is 5.32 Å². The van der Waals surface area contributed by atoms with Crippen molar-refractivity contribution in [2.75, 3.05) is 27.2 Å². The van der Waals surface area contributed by atoms with Gasteiger partial charge in [-0.3, -0.25) is 9.58 Å². The molecule has 0 spiro atoms. The van der Waals surface area contributed by atoms with Crippen LogP contribution in [0.15, 0.2) is 0 Å². The summed E-state index contributed by atoms with van der Waals surface area (Å²) in [4.78, 5) is 2.26. The zero-order valence-corrected chi connectivity index (χ0v) is 10.8. The van der Waals surface area contributed by atoms with Gasteiger partial charge in [0.2, 0.25) is 0 Å². The van der Waals surface area contributed by atoms with E-state index in [0.29, 0.717) is 0 Å². The van der Waals surface area contributed by atoms with Crippen LogP contribution in [0.1, 0.15) is 24.7 Å². The number of aromatic nitrogens is 3. The van der Waals surface area contributed by atoms with Gasteiger partial charge >= 0.3 is 0 Å². The highest BCUT2D eigenvalue weighted by molar-refractivity contribution is 5.09. The Bertz CT molecular complexity index is 307. The molecule has 0 fully saturated rings. The molecular weight excluding hydrogens is 202 g/mol. The topological polar surface area (TPSA) is 46.0 Å². The molecule has 0 aliphatic carbocycles. The van der Waals surface area contributed by atoms with E-state index in [9.17, 15) is 0 Å². The molecule has 0 aliphatic heterocycles. The lowest BCUT2D eigenvalue weighted by Gasteiger charge is -2.15. The smallest absolute Gasteiger partial charge is 0.0998 e. The molecule has 92 valence electrons. The highest BCUT2D eigenvalue weighted by Crippen LogP contribution is 2.09. The van der Waals surface area contributed by atoms with Gasteiger partial charge in [0.25, 0.3) is 0 Å². The molecule has 0 aromatic carbocycles. The Kier molecular flexibility index (Phi) is 5.42. The van der Waals surface area contributed by atoms with Crippen LogP contribution in [0.3, 0.4) is 0 Å². The van der Waals surface area contributed by atoms with E-state index in [1.165, 1.54) is 5.69 Å². The quantitative estimate of drug-likeness (QED) is 0.730. The van der Waals surface area contributed by atoms with Gasteiger partial charge in [-0.15, -0.1) is 5.10 Å². The van der Waals surface area contributed by atoms with Gasteiger partial charge in [-0.2, -0.15) is 0 Å². The zero-order valence-electron chi connectivity index (χ0n) is 10.8. The van der Waals surface area contributed by atoms with Crippen molar-refractivity contribution >= 4 is 0 Å². The van der Waals surface area contributed by atoms with E-state index in [-0.39, 0.29) is 0 Å². The summed E-state index contributed by atoms with van der Waals surface area (Å²) in [5.74, 6) is 0. The summed E-state index contributed by atoms with van der Waals surface area (Å²) in [5.41, 5.74) is 2.38. The minimum absolute atomic E-state index is 0.880. The molecule has 0 bridgehead atoms. The molecule has 0 saturated heterocycles. The van der Waals surface area contributed by atoms with Gasteiger partial charge in [0.15, 0.2) is 0 Å². The average Bonchev–Trinajstić information content (AvgIpc) is 2.59. The van der Waals surface area contributed by atoms with Crippen molar-refractivity contribution in [1.29, 1.82) is 0 Å². The molecule has 0 atom stereocenters. The van der Waals surface area contributed by atoms with Crippen molar-refractivity contribution < 1.29 is 0 Å². The monoisotopic (exact) mass is 225 g/mol. The zero-order chi connectivity index (χ0) is 12.0. The second-order valence-electron chi connectivity index (χ2n) is 4.20. The first-order chi connectivity index (χ1) is 7.69. The molecule has 1 aromatic rings. The lowest BCUT2D eigenvalue weighted by atomic mass is 10.2. The summed E-state index contributed by atoms with van der Waals surface area (Å²) in [6.07, 6.45) is 2.19. The molecule has 5 heteroatoms. The molecule has 0 radical (unpaired) electrons. The Labute approximate surface area is 97.8 Å². The molecule has 1 heterocycles. The van der Waals surface area contributed by atoms with Gasteiger partial charge in [0.05, 0.1) is 11.4 Å². The van der Waals surface area contributed by atoms with Crippen LogP contribution < -0.4 is 5.32 Å². The Morgan fingerprint density at radius 3 is 2.81 bits per heavy atom. The van der Waals surface area contributed by atoms with E-state index >= 15 is 0 Å². The molecular formula is C11H23N5. The van der Waals surface area contributed by atoms with E-state index in [2.05, 4.69) is 34.5 Å². The summed E-state index contributed by atoms with van der Waals surface area (Å²) < 4.78 is 1.89. The number of hydrogen-bond donors (Lipinski definition) is 1. The maximum Gasteiger partial charge on any atom is 0.0998 e. The fourth-order valence-electron chi connectivity index (χ4n) is 1.72. The molecule has 0 saturated carbocycles. The van der Waals surface area contributed by atoms with Crippen LogP contribution in [0.5, 0.6) is 0 Å². The summed E-state index contributed by atoms with van der Waals surface area (Å²) >= 11 is 0. The van der Waals surface area contributed by atoms with E-state index in [0.717, 1.165) is 38.2 Å². The molecule has 16 heavy (non-hydrogen) atoms. The van der Waals surface area contributed by atoms with Crippen molar-refractivity contribution in [3.63, 3.8) is 0 Å². The summed E-state index contributed by atoms with van der Waals surface area (Å²) in [6.45, 7) is 5.09. The number of likely N-dealkylation sites (N-methyl/N-ethyl adjacent to an activating group) is 2. The number of hydrogen-bond acceptors (Lipinski definition) is 4. The van der Waals surface area contributed by atoms with Crippen molar-refractivity contribution in [2.24, 2.45) is 7.05 Å². The number of nitrogens with one attached hydrogen (secondary N) is 1. The molecule has 1 aromatic heterocycles. The van der Waals surface area contributed by atoms with Gasteiger partial charge in [0, 0.05) is 26.7 Å². The molecule has 0 unspecified atom stereocenters. The van der Waals surface area contributed by atoms with E-state index in [1.807, 2.05) is 18.8 Å². The number of rotatable bonds is 7. The second kappa shape index (κ2) is 6.60. The van der Waals surface area contributed by atoms with E-state index < -0.39 is 0 Å². The fourth-order valence-corrected chi connectivity index (χ4v) is 1.72. The van der Waals surface area contributed by atoms with Crippen molar-refractivity contribution in [1.82, 2.24) is 25.2 Å². The van der Waals surface area contributed by atoms with Crippen LogP contribution in [-0.4, -0.2) is 47.1 Å². The van der Waals surface area contributed by atoms with Crippen LogP contribution in [0.4, 0.5) is 0 Å². The first-order valence-corrected chi connectivity index (χ1v) is 5.89. The normalized spacial score (nSPS) is 11.3. The molecule has 0 aliphatic rings. The predicted octanol–water partition coefficient (Wildman–Crippen LogP) is 0.419. The third-order valence-electron chi connectivity index (χ3n) is 2.67. The molecule has 0 amide bonds. The fraction of sp³-hybridized carbons (Fsp3) is 0.818. The Hall–Kier alpha value is -0.940. The number of nitrogens with zero attached hydrogens (tertiary/aromatic N) is 4. The lowest BCUT2D eigenvalue weighted by Crippen LogP contribution is -2.27. The Balaban J connectivity index is 2.58. The number of aryl methyl sites for hydroxylation is 1. The minimum atomic E-state index is 0.880. The average molecular weight is 225 g/mol. The highest BCUT2D eigenvalue weighted by Gasteiger charge is 2.11. The maximum atomic E-state index is 4.23. The summed E-state index contributed by atoms with van der Waals surface area (Å²) in [5, 5.41) is 11.5. The largest absolute Gasteiger partial charge is 0.318 e. The van der Waals surface area contributed by atoms with Crippen LogP contribution in [0, 0.1) is 0 Å². The van der Waals surface area contributed by atoms with Gasteiger partial charge in [-0.1, -0.05) is 18.6 Å². The predicted molar refractivity (Wildman–Crippen MR) is 65.3 cm³/mol. The second-order valence-corrected chi connectivity index (χ2v) is 4.20. The first-order valence-electron chi connectivity index (χ1n) is 5.89. The molecule has 1 rings (SSSR count). The van der Waals surface area contributed by atoms with Gasteiger partial charge in [-0.25, -0.2) is 0 Å². The molecule has 1 N–H and O–H groups in total. The third kappa shape index (κ3) is 3.57. The standard InChI is InChI=1S/C11H23N5/c1-5-6-11-10(13-14-16(11)4)9-15(3)8-7-12-2/h12H,5-9H2,1-4H3. The van der Waals surface area contributed by atoms with Crippen molar-refractivity contribution in [3.8, 4) is 0 Å². The molecule has 5 nitrogen and oxygen atoms in total. The van der Waals surface area contributed by atoms with E-state index in [1.54, 1.807) is 0 Å².